The Labute approximate surface area is 125 Å². The molecule has 0 aromatic carbocycles. The molecule has 1 aliphatic carbocycles. The minimum atomic E-state index is 0.460. The summed E-state index contributed by atoms with van der Waals surface area (Å²) in [6, 6.07) is 1.59. The van der Waals surface area contributed by atoms with Crippen molar-refractivity contribution in [3.63, 3.8) is 0 Å². The molecular weight excluding hydrogens is 246 g/mol. The van der Waals surface area contributed by atoms with Crippen LogP contribution in [0, 0.1) is 0 Å². The molecule has 1 saturated carbocycles. The Morgan fingerprint density at radius 1 is 1.05 bits per heavy atom. The van der Waals surface area contributed by atoms with Crippen molar-refractivity contribution in [2.24, 2.45) is 0 Å². The normalized spacial score (nSPS) is 36.9. The molecule has 1 N–H and O–H groups in total. The van der Waals surface area contributed by atoms with Gasteiger partial charge in [-0.15, -0.1) is 0 Å². The summed E-state index contributed by atoms with van der Waals surface area (Å²) in [7, 11) is 2.29. The highest BCUT2D eigenvalue weighted by Gasteiger charge is 2.38. The topological polar surface area (TPSA) is 18.5 Å². The van der Waals surface area contributed by atoms with E-state index in [1.807, 2.05) is 0 Å². The molecule has 3 heteroatoms. The van der Waals surface area contributed by atoms with Gasteiger partial charge in [0.15, 0.2) is 0 Å². The quantitative estimate of drug-likeness (QED) is 0.795. The Bertz CT molecular complexity index is 311. The molecule has 3 aliphatic rings. The number of nitrogens with zero attached hydrogens (tertiary/aromatic N) is 2. The van der Waals surface area contributed by atoms with Gasteiger partial charge in [0.2, 0.25) is 0 Å². The lowest BCUT2D eigenvalue weighted by molar-refractivity contribution is 0.0655. The fourth-order valence-electron chi connectivity index (χ4n) is 4.63. The molecule has 116 valence electrons. The first kappa shape index (κ1) is 14.8. The lowest BCUT2D eigenvalue weighted by Gasteiger charge is -2.45. The summed E-state index contributed by atoms with van der Waals surface area (Å²) in [4.78, 5) is 5.39. The molecular formula is C17H33N3. The fourth-order valence-corrected chi connectivity index (χ4v) is 4.63. The molecule has 2 saturated heterocycles. The van der Waals surface area contributed by atoms with Crippen molar-refractivity contribution in [2.75, 3.05) is 33.2 Å². The van der Waals surface area contributed by atoms with Crippen molar-refractivity contribution in [3.8, 4) is 0 Å². The van der Waals surface area contributed by atoms with E-state index in [-0.39, 0.29) is 0 Å². The maximum absolute atomic E-state index is 3.93. The van der Waals surface area contributed by atoms with Crippen molar-refractivity contribution < 1.29 is 0 Å². The van der Waals surface area contributed by atoms with Crippen LogP contribution in [-0.4, -0.2) is 60.6 Å². The third kappa shape index (κ3) is 3.20. The summed E-state index contributed by atoms with van der Waals surface area (Å²) in [6.45, 7) is 7.55. The van der Waals surface area contributed by atoms with Crippen LogP contribution in [-0.2, 0) is 0 Å². The van der Waals surface area contributed by atoms with Crippen LogP contribution < -0.4 is 5.32 Å². The summed E-state index contributed by atoms with van der Waals surface area (Å²) in [5, 5.41) is 3.93. The van der Waals surface area contributed by atoms with Gasteiger partial charge in [0.1, 0.15) is 0 Å². The molecule has 0 amide bonds. The van der Waals surface area contributed by atoms with Crippen LogP contribution in [0.4, 0.5) is 0 Å². The molecule has 2 aliphatic heterocycles. The summed E-state index contributed by atoms with van der Waals surface area (Å²) in [5.41, 5.74) is 0.460. The number of likely N-dealkylation sites (tertiary alicyclic amines) is 1. The van der Waals surface area contributed by atoms with Gasteiger partial charge in [0.25, 0.3) is 0 Å². The molecule has 0 aromatic rings. The molecule has 2 unspecified atom stereocenters. The maximum Gasteiger partial charge on any atom is 0.0308 e. The van der Waals surface area contributed by atoms with Gasteiger partial charge in [0.05, 0.1) is 0 Å². The van der Waals surface area contributed by atoms with E-state index in [1.54, 1.807) is 0 Å². The van der Waals surface area contributed by atoms with Crippen molar-refractivity contribution in [3.05, 3.63) is 0 Å². The number of rotatable bonds is 1. The van der Waals surface area contributed by atoms with Crippen LogP contribution >= 0.6 is 0 Å². The highest BCUT2D eigenvalue weighted by Crippen LogP contribution is 2.32. The molecule has 3 fully saturated rings. The van der Waals surface area contributed by atoms with Crippen LogP contribution in [0.1, 0.15) is 58.3 Å². The SMILES string of the molecule is CC1CC(N2CCCNC3(CCCCC3)C2)CCN1C. The molecule has 0 radical (unpaired) electrons. The molecule has 2 heterocycles. The van der Waals surface area contributed by atoms with Gasteiger partial charge in [-0.25, -0.2) is 0 Å². The summed E-state index contributed by atoms with van der Waals surface area (Å²) in [6.07, 6.45) is 11.2. The van der Waals surface area contributed by atoms with Gasteiger partial charge in [0, 0.05) is 24.2 Å². The minimum absolute atomic E-state index is 0.460. The zero-order chi connectivity index (χ0) is 14.0. The first-order valence-corrected chi connectivity index (χ1v) is 8.88. The minimum Gasteiger partial charge on any atom is -0.310 e. The third-order valence-corrected chi connectivity index (χ3v) is 6.14. The lowest BCUT2D eigenvalue weighted by Crippen LogP contribution is -2.56. The fraction of sp³-hybridized carbons (Fsp3) is 1.00. The highest BCUT2D eigenvalue weighted by molar-refractivity contribution is 4.97. The maximum atomic E-state index is 3.93. The van der Waals surface area contributed by atoms with E-state index in [1.165, 1.54) is 77.5 Å². The van der Waals surface area contributed by atoms with Crippen molar-refractivity contribution in [1.29, 1.82) is 0 Å². The van der Waals surface area contributed by atoms with E-state index in [0.717, 1.165) is 12.1 Å². The molecule has 20 heavy (non-hydrogen) atoms. The largest absolute Gasteiger partial charge is 0.310 e. The second-order valence-electron chi connectivity index (χ2n) is 7.60. The van der Waals surface area contributed by atoms with E-state index < -0.39 is 0 Å². The number of hydrogen-bond donors (Lipinski definition) is 1. The van der Waals surface area contributed by atoms with Gasteiger partial charge < -0.3 is 10.2 Å². The summed E-state index contributed by atoms with van der Waals surface area (Å²) < 4.78 is 0. The van der Waals surface area contributed by atoms with Crippen LogP contribution in [0.25, 0.3) is 0 Å². The molecule has 2 atom stereocenters. The second-order valence-corrected chi connectivity index (χ2v) is 7.60. The van der Waals surface area contributed by atoms with Crippen LogP contribution in [0.2, 0.25) is 0 Å². The Balaban J connectivity index is 1.65. The Kier molecular flexibility index (Phi) is 4.68. The standard InChI is InChI=1S/C17H33N3/c1-15-13-16(7-12-19(15)2)20-11-6-10-18-17(14-20)8-4-3-5-9-17/h15-16,18H,3-14H2,1-2H3. The Morgan fingerprint density at radius 2 is 1.85 bits per heavy atom. The Morgan fingerprint density at radius 3 is 2.60 bits per heavy atom. The highest BCUT2D eigenvalue weighted by atomic mass is 15.2. The molecule has 3 nitrogen and oxygen atoms in total. The van der Waals surface area contributed by atoms with Gasteiger partial charge in [-0.05, 0) is 65.7 Å². The van der Waals surface area contributed by atoms with E-state index in [9.17, 15) is 0 Å². The monoisotopic (exact) mass is 279 g/mol. The first-order valence-electron chi connectivity index (χ1n) is 8.88. The van der Waals surface area contributed by atoms with E-state index in [4.69, 9.17) is 0 Å². The van der Waals surface area contributed by atoms with Crippen LogP contribution in [0.3, 0.4) is 0 Å². The van der Waals surface area contributed by atoms with Gasteiger partial charge in [-0.3, -0.25) is 4.90 Å². The smallest absolute Gasteiger partial charge is 0.0308 e. The summed E-state index contributed by atoms with van der Waals surface area (Å²) in [5.74, 6) is 0. The zero-order valence-electron chi connectivity index (χ0n) is 13.5. The number of piperidine rings is 1. The van der Waals surface area contributed by atoms with Gasteiger partial charge in [-0.1, -0.05) is 19.3 Å². The Hall–Kier alpha value is -0.120. The predicted molar refractivity (Wildman–Crippen MR) is 85.1 cm³/mol. The van der Waals surface area contributed by atoms with E-state index in [2.05, 4.69) is 29.1 Å². The molecule has 3 rings (SSSR count). The van der Waals surface area contributed by atoms with Gasteiger partial charge in [-0.2, -0.15) is 0 Å². The molecule has 1 spiro atoms. The first-order chi connectivity index (χ1) is 9.69. The second kappa shape index (κ2) is 6.33. The van der Waals surface area contributed by atoms with E-state index >= 15 is 0 Å². The van der Waals surface area contributed by atoms with Crippen molar-refractivity contribution in [1.82, 2.24) is 15.1 Å². The zero-order valence-corrected chi connectivity index (χ0v) is 13.5. The molecule has 0 bridgehead atoms. The predicted octanol–water partition coefficient (Wildman–Crippen LogP) is 2.47. The average Bonchev–Trinajstić information content (AvgIpc) is 2.66. The van der Waals surface area contributed by atoms with Crippen LogP contribution in [0.5, 0.6) is 0 Å². The van der Waals surface area contributed by atoms with Crippen LogP contribution in [0.15, 0.2) is 0 Å². The molecule has 0 aromatic heterocycles. The lowest BCUT2D eigenvalue weighted by atomic mass is 9.81. The van der Waals surface area contributed by atoms with Gasteiger partial charge >= 0.3 is 0 Å². The van der Waals surface area contributed by atoms with E-state index in [0.29, 0.717) is 5.54 Å². The third-order valence-electron chi connectivity index (χ3n) is 6.14. The number of hydrogen-bond acceptors (Lipinski definition) is 3. The average molecular weight is 279 g/mol. The summed E-state index contributed by atoms with van der Waals surface area (Å²) >= 11 is 0. The van der Waals surface area contributed by atoms with Crippen molar-refractivity contribution in [2.45, 2.75) is 75.9 Å². The number of nitrogens with one attached hydrogen (secondary N) is 1. The van der Waals surface area contributed by atoms with Crippen molar-refractivity contribution >= 4 is 0 Å².